The van der Waals surface area contributed by atoms with Gasteiger partial charge in [-0.05, 0) is 25.5 Å². The number of hydrogen-bond acceptors (Lipinski definition) is 4. The Morgan fingerprint density at radius 3 is 3.11 bits per heavy atom. The van der Waals surface area contributed by atoms with Crippen molar-refractivity contribution in [2.75, 3.05) is 18.4 Å². The summed E-state index contributed by atoms with van der Waals surface area (Å²) >= 11 is 5.88. The van der Waals surface area contributed by atoms with Gasteiger partial charge in [-0.3, -0.25) is 9.69 Å². The van der Waals surface area contributed by atoms with Crippen LogP contribution in [0.5, 0.6) is 0 Å². The van der Waals surface area contributed by atoms with E-state index in [1.165, 1.54) is 0 Å². The van der Waals surface area contributed by atoms with Gasteiger partial charge in [-0.1, -0.05) is 11.6 Å². The molecule has 0 spiro atoms. The van der Waals surface area contributed by atoms with Gasteiger partial charge in [0.1, 0.15) is 0 Å². The number of nitrogens with zero attached hydrogens (tertiary/aromatic N) is 2. The average molecular weight is 270 g/mol. The van der Waals surface area contributed by atoms with E-state index in [1.54, 1.807) is 18.3 Å². The number of likely N-dealkylation sites (tertiary alicyclic amines) is 1. The topological polar surface area (TPSA) is 65.5 Å². The van der Waals surface area contributed by atoms with Gasteiger partial charge < -0.3 is 10.4 Å². The van der Waals surface area contributed by atoms with E-state index in [1.807, 2.05) is 11.8 Å². The summed E-state index contributed by atoms with van der Waals surface area (Å²) in [4.78, 5) is 17.9. The summed E-state index contributed by atoms with van der Waals surface area (Å²) in [7, 11) is 0. The Kier molecular flexibility index (Phi) is 4.16. The number of β-amino-alcohol motifs (C(OH)–C–C–N with tert-alkyl or cyclic N) is 1. The molecule has 2 atom stereocenters. The zero-order valence-electron chi connectivity index (χ0n) is 10.1. The van der Waals surface area contributed by atoms with Gasteiger partial charge in [0.05, 0.1) is 17.8 Å². The summed E-state index contributed by atoms with van der Waals surface area (Å²) in [5.74, 6) is -0.140. The zero-order chi connectivity index (χ0) is 13.1. The van der Waals surface area contributed by atoms with E-state index in [-0.39, 0.29) is 23.2 Å². The van der Waals surface area contributed by atoms with Crippen molar-refractivity contribution in [2.24, 2.45) is 0 Å². The molecule has 5 nitrogen and oxygen atoms in total. The number of aliphatic hydroxyl groups is 1. The third-order valence-electron chi connectivity index (χ3n) is 3.14. The van der Waals surface area contributed by atoms with Gasteiger partial charge in [-0.2, -0.15) is 0 Å². The molecule has 1 aromatic rings. The maximum Gasteiger partial charge on any atom is 0.241 e. The molecule has 1 fully saturated rings. The van der Waals surface area contributed by atoms with Gasteiger partial charge in [0.15, 0.2) is 5.15 Å². The standard InChI is InChI=1S/C12H16ClN3O2/c1-8(16-6-4-9(17)7-16)12(18)15-10-3-2-5-14-11(10)13/h2-3,5,8-9,17H,4,6-7H2,1H3,(H,15,18)/t8?,9-/m0/s1. The molecule has 1 aromatic heterocycles. The second kappa shape index (κ2) is 5.65. The third-order valence-corrected chi connectivity index (χ3v) is 3.44. The molecule has 2 N–H and O–H groups in total. The van der Waals surface area contributed by atoms with Crippen molar-refractivity contribution in [3.05, 3.63) is 23.5 Å². The van der Waals surface area contributed by atoms with Gasteiger partial charge in [-0.15, -0.1) is 0 Å². The molecular weight excluding hydrogens is 254 g/mol. The number of rotatable bonds is 3. The molecule has 2 rings (SSSR count). The van der Waals surface area contributed by atoms with Crippen LogP contribution < -0.4 is 5.32 Å². The third kappa shape index (κ3) is 2.98. The highest BCUT2D eigenvalue weighted by atomic mass is 35.5. The lowest BCUT2D eigenvalue weighted by Gasteiger charge is -2.22. The summed E-state index contributed by atoms with van der Waals surface area (Å²) < 4.78 is 0. The molecule has 1 aliphatic heterocycles. The van der Waals surface area contributed by atoms with Crippen LogP contribution in [0.3, 0.4) is 0 Å². The van der Waals surface area contributed by atoms with E-state index >= 15 is 0 Å². The number of aliphatic hydroxyl groups excluding tert-OH is 1. The van der Waals surface area contributed by atoms with E-state index in [0.29, 0.717) is 18.7 Å². The van der Waals surface area contributed by atoms with Gasteiger partial charge in [0.2, 0.25) is 5.91 Å². The lowest BCUT2D eigenvalue weighted by molar-refractivity contribution is -0.120. The molecule has 18 heavy (non-hydrogen) atoms. The minimum atomic E-state index is -0.331. The minimum absolute atomic E-state index is 0.140. The van der Waals surface area contributed by atoms with Crippen molar-refractivity contribution in [2.45, 2.75) is 25.5 Å². The van der Waals surface area contributed by atoms with E-state index < -0.39 is 0 Å². The number of carbonyl (C=O) groups excluding carboxylic acids is 1. The largest absolute Gasteiger partial charge is 0.392 e. The fourth-order valence-electron chi connectivity index (χ4n) is 2.00. The minimum Gasteiger partial charge on any atom is -0.392 e. The average Bonchev–Trinajstić information content (AvgIpc) is 2.78. The molecule has 0 aromatic carbocycles. The zero-order valence-corrected chi connectivity index (χ0v) is 10.9. The van der Waals surface area contributed by atoms with Crippen LogP contribution in [0, 0.1) is 0 Å². The fraction of sp³-hybridized carbons (Fsp3) is 0.500. The van der Waals surface area contributed by atoms with Crippen molar-refractivity contribution in [1.29, 1.82) is 0 Å². The number of carbonyl (C=O) groups is 1. The Hall–Kier alpha value is -1.17. The Labute approximate surface area is 111 Å². The van der Waals surface area contributed by atoms with E-state index in [4.69, 9.17) is 11.6 Å². The number of amides is 1. The van der Waals surface area contributed by atoms with Gasteiger partial charge in [0.25, 0.3) is 0 Å². The molecule has 0 saturated carbocycles. The molecule has 1 aliphatic rings. The normalized spacial score (nSPS) is 21.8. The summed E-state index contributed by atoms with van der Waals surface area (Å²) in [6, 6.07) is 3.13. The van der Waals surface area contributed by atoms with Gasteiger partial charge >= 0.3 is 0 Å². The molecule has 1 unspecified atom stereocenters. The maximum atomic E-state index is 12.0. The molecular formula is C12H16ClN3O2. The smallest absolute Gasteiger partial charge is 0.241 e. The lowest BCUT2D eigenvalue weighted by Crippen LogP contribution is -2.41. The maximum absolute atomic E-state index is 12.0. The summed E-state index contributed by atoms with van der Waals surface area (Å²) in [6.07, 6.45) is 1.95. The van der Waals surface area contributed by atoms with Crippen LogP contribution in [0.25, 0.3) is 0 Å². The Bertz CT molecular complexity index is 441. The molecule has 1 saturated heterocycles. The molecule has 2 heterocycles. The number of halogens is 1. The molecule has 0 aliphatic carbocycles. The first-order valence-corrected chi connectivity index (χ1v) is 6.29. The highest BCUT2D eigenvalue weighted by Crippen LogP contribution is 2.19. The first kappa shape index (κ1) is 13.3. The van der Waals surface area contributed by atoms with Crippen LogP contribution in [0.15, 0.2) is 18.3 Å². The molecule has 98 valence electrons. The Morgan fingerprint density at radius 1 is 1.72 bits per heavy atom. The first-order valence-electron chi connectivity index (χ1n) is 5.91. The van der Waals surface area contributed by atoms with Crippen LogP contribution in [-0.4, -0.2) is 46.1 Å². The van der Waals surface area contributed by atoms with E-state index in [9.17, 15) is 9.90 Å². The predicted octanol–water partition coefficient (Wildman–Crippen LogP) is 1.13. The quantitative estimate of drug-likeness (QED) is 0.808. The Morgan fingerprint density at radius 2 is 2.50 bits per heavy atom. The van der Waals surface area contributed by atoms with Crippen LogP contribution in [0.1, 0.15) is 13.3 Å². The molecule has 1 amide bonds. The lowest BCUT2D eigenvalue weighted by atomic mass is 10.2. The highest BCUT2D eigenvalue weighted by Gasteiger charge is 2.28. The first-order chi connectivity index (χ1) is 8.58. The van der Waals surface area contributed by atoms with Crippen LogP contribution in [-0.2, 0) is 4.79 Å². The molecule has 0 bridgehead atoms. The van der Waals surface area contributed by atoms with E-state index in [2.05, 4.69) is 10.3 Å². The summed E-state index contributed by atoms with van der Waals surface area (Å²) in [6.45, 7) is 3.09. The van der Waals surface area contributed by atoms with Gasteiger partial charge in [0, 0.05) is 19.3 Å². The second-order valence-electron chi connectivity index (χ2n) is 4.44. The summed E-state index contributed by atoms with van der Waals surface area (Å²) in [5.41, 5.74) is 0.510. The van der Waals surface area contributed by atoms with Crippen LogP contribution in [0.4, 0.5) is 5.69 Å². The number of anilines is 1. The van der Waals surface area contributed by atoms with Crippen LogP contribution >= 0.6 is 11.6 Å². The number of nitrogens with one attached hydrogen (secondary N) is 1. The summed E-state index contributed by atoms with van der Waals surface area (Å²) in [5, 5.41) is 12.5. The molecule has 6 heteroatoms. The van der Waals surface area contributed by atoms with E-state index in [0.717, 1.165) is 6.54 Å². The van der Waals surface area contributed by atoms with Crippen molar-refractivity contribution < 1.29 is 9.90 Å². The Balaban J connectivity index is 1.98. The van der Waals surface area contributed by atoms with Gasteiger partial charge in [-0.25, -0.2) is 4.98 Å². The highest BCUT2D eigenvalue weighted by molar-refractivity contribution is 6.32. The number of hydrogen-bond donors (Lipinski definition) is 2. The van der Waals surface area contributed by atoms with Crippen molar-refractivity contribution in [3.8, 4) is 0 Å². The SMILES string of the molecule is CC(C(=O)Nc1cccnc1Cl)N1CC[C@H](O)C1. The van der Waals surface area contributed by atoms with Crippen LogP contribution in [0.2, 0.25) is 5.15 Å². The second-order valence-corrected chi connectivity index (χ2v) is 4.80. The fourth-order valence-corrected chi connectivity index (χ4v) is 2.17. The number of pyridine rings is 1. The van der Waals surface area contributed by atoms with Crippen molar-refractivity contribution >= 4 is 23.2 Å². The number of aromatic nitrogens is 1. The predicted molar refractivity (Wildman–Crippen MR) is 69.5 cm³/mol. The molecule has 0 radical (unpaired) electrons. The monoisotopic (exact) mass is 269 g/mol. The van der Waals surface area contributed by atoms with Crippen molar-refractivity contribution in [3.63, 3.8) is 0 Å². The van der Waals surface area contributed by atoms with Crippen molar-refractivity contribution in [1.82, 2.24) is 9.88 Å².